The van der Waals surface area contributed by atoms with Gasteiger partial charge < -0.3 is 0 Å². The molecule has 0 aliphatic rings. The minimum atomic E-state index is -4.92. The van der Waals surface area contributed by atoms with E-state index in [0.717, 1.165) is 0 Å². The standard InChI is InChI=1S/C16H9ClF6N4/c17-12-7-26-27(8-12)14-13(24-1-2-25-14)5-9-3-10(15(18,19)20)6-11(4-9)16(21,22)23/h1-4,6-8H,5H2. The first-order valence-corrected chi connectivity index (χ1v) is 7.70. The zero-order valence-electron chi connectivity index (χ0n) is 13.2. The van der Waals surface area contributed by atoms with Gasteiger partial charge in [-0.2, -0.15) is 31.4 Å². The summed E-state index contributed by atoms with van der Waals surface area (Å²) in [6, 6.07) is 1.39. The Hall–Kier alpha value is -2.62. The van der Waals surface area contributed by atoms with E-state index in [1.54, 1.807) is 0 Å². The predicted molar refractivity (Wildman–Crippen MR) is 83.4 cm³/mol. The molecular weight excluding hydrogens is 398 g/mol. The number of aromatic nitrogens is 4. The molecule has 0 radical (unpaired) electrons. The average molecular weight is 407 g/mol. The third-order valence-electron chi connectivity index (χ3n) is 3.54. The number of nitrogens with zero attached hydrogens (tertiary/aromatic N) is 4. The molecule has 0 N–H and O–H groups in total. The van der Waals surface area contributed by atoms with E-state index in [1.807, 2.05) is 0 Å². The van der Waals surface area contributed by atoms with Crippen LogP contribution in [-0.2, 0) is 18.8 Å². The van der Waals surface area contributed by atoms with Crippen LogP contribution < -0.4 is 0 Å². The van der Waals surface area contributed by atoms with Crippen LogP contribution in [-0.4, -0.2) is 19.7 Å². The van der Waals surface area contributed by atoms with Gasteiger partial charge in [0.25, 0.3) is 0 Å². The smallest absolute Gasteiger partial charge is 0.255 e. The third kappa shape index (κ3) is 4.38. The maximum absolute atomic E-state index is 13.0. The van der Waals surface area contributed by atoms with Crippen LogP contribution in [0.5, 0.6) is 0 Å². The zero-order valence-corrected chi connectivity index (χ0v) is 13.9. The van der Waals surface area contributed by atoms with Crippen LogP contribution in [0.1, 0.15) is 22.4 Å². The van der Waals surface area contributed by atoms with Crippen molar-refractivity contribution in [2.24, 2.45) is 0 Å². The Labute approximate surface area is 153 Å². The van der Waals surface area contributed by atoms with Crippen LogP contribution in [0.4, 0.5) is 26.3 Å². The van der Waals surface area contributed by atoms with E-state index in [4.69, 9.17) is 11.6 Å². The molecule has 0 fully saturated rings. The Kier molecular flexibility index (Phi) is 4.85. The van der Waals surface area contributed by atoms with Gasteiger partial charge in [0.1, 0.15) is 0 Å². The van der Waals surface area contributed by atoms with Crippen LogP contribution in [0.2, 0.25) is 5.02 Å². The lowest BCUT2D eigenvalue weighted by Gasteiger charge is -2.14. The molecule has 0 bridgehead atoms. The number of benzene rings is 1. The highest BCUT2D eigenvalue weighted by Gasteiger charge is 2.37. The lowest BCUT2D eigenvalue weighted by atomic mass is 10.0. The minimum absolute atomic E-state index is 0.0777. The van der Waals surface area contributed by atoms with Gasteiger partial charge in [-0.05, 0) is 23.8 Å². The van der Waals surface area contributed by atoms with Gasteiger partial charge in [-0.15, -0.1) is 0 Å². The molecule has 0 unspecified atom stereocenters. The van der Waals surface area contributed by atoms with E-state index in [-0.39, 0.29) is 34.6 Å². The molecule has 1 aromatic carbocycles. The Bertz CT molecular complexity index is 932. The molecule has 142 valence electrons. The van der Waals surface area contributed by atoms with Crippen molar-refractivity contribution < 1.29 is 26.3 Å². The van der Waals surface area contributed by atoms with Crippen molar-refractivity contribution in [3.63, 3.8) is 0 Å². The van der Waals surface area contributed by atoms with Crippen molar-refractivity contribution in [3.8, 4) is 5.82 Å². The van der Waals surface area contributed by atoms with Gasteiger partial charge in [-0.25, -0.2) is 9.67 Å². The molecule has 3 aromatic rings. The van der Waals surface area contributed by atoms with Crippen LogP contribution in [0.25, 0.3) is 5.82 Å². The molecule has 0 amide bonds. The minimum Gasteiger partial charge on any atom is -0.255 e. The van der Waals surface area contributed by atoms with Gasteiger partial charge in [0.2, 0.25) is 0 Å². The summed E-state index contributed by atoms with van der Waals surface area (Å²) in [5, 5.41) is 4.21. The topological polar surface area (TPSA) is 43.6 Å². The summed E-state index contributed by atoms with van der Waals surface area (Å²) in [6.45, 7) is 0. The van der Waals surface area contributed by atoms with E-state index in [0.29, 0.717) is 12.1 Å². The Morgan fingerprint density at radius 2 is 1.48 bits per heavy atom. The van der Waals surface area contributed by atoms with Gasteiger partial charge in [-0.3, -0.25) is 4.98 Å². The summed E-state index contributed by atoms with van der Waals surface area (Å²) >= 11 is 5.78. The molecule has 2 aromatic heterocycles. The van der Waals surface area contributed by atoms with Gasteiger partial charge >= 0.3 is 12.4 Å². The number of hydrogen-bond donors (Lipinski definition) is 0. The molecule has 3 rings (SSSR count). The lowest BCUT2D eigenvalue weighted by molar-refractivity contribution is -0.143. The Morgan fingerprint density at radius 3 is 2.00 bits per heavy atom. The summed E-state index contributed by atoms with van der Waals surface area (Å²) in [5.74, 6) is 0.148. The summed E-state index contributed by atoms with van der Waals surface area (Å²) in [4.78, 5) is 8.05. The molecule has 2 heterocycles. The largest absolute Gasteiger partial charge is 0.416 e. The highest BCUT2D eigenvalue weighted by molar-refractivity contribution is 6.30. The van der Waals surface area contributed by atoms with Crippen molar-refractivity contribution in [1.82, 2.24) is 19.7 Å². The van der Waals surface area contributed by atoms with Crippen molar-refractivity contribution in [2.75, 3.05) is 0 Å². The Morgan fingerprint density at radius 1 is 0.889 bits per heavy atom. The van der Waals surface area contributed by atoms with Gasteiger partial charge in [-0.1, -0.05) is 11.6 Å². The zero-order chi connectivity index (χ0) is 19.8. The molecule has 0 aliphatic heterocycles. The van der Waals surface area contributed by atoms with Crippen molar-refractivity contribution in [3.05, 3.63) is 70.4 Å². The third-order valence-corrected chi connectivity index (χ3v) is 3.73. The summed E-state index contributed by atoms with van der Waals surface area (Å²) in [6.07, 6.45) is -4.85. The molecule has 0 saturated heterocycles. The molecule has 0 spiro atoms. The van der Waals surface area contributed by atoms with Gasteiger partial charge in [0.15, 0.2) is 5.82 Å². The van der Waals surface area contributed by atoms with E-state index >= 15 is 0 Å². The SMILES string of the molecule is FC(F)(F)c1cc(Cc2nccnc2-n2cc(Cl)cn2)cc(C(F)(F)F)c1. The second-order valence-corrected chi connectivity index (χ2v) is 5.96. The predicted octanol–water partition coefficient (Wildman–Crippen LogP) is 4.94. The molecule has 27 heavy (non-hydrogen) atoms. The molecular formula is C16H9ClF6N4. The average Bonchev–Trinajstić information content (AvgIpc) is 3.00. The fourth-order valence-electron chi connectivity index (χ4n) is 2.41. The van der Waals surface area contributed by atoms with Crippen molar-refractivity contribution in [1.29, 1.82) is 0 Å². The maximum Gasteiger partial charge on any atom is 0.416 e. The van der Waals surface area contributed by atoms with Gasteiger partial charge in [0, 0.05) is 18.8 Å². The summed E-state index contributed by atoms with van der Waals surface area (Å²) in [7, 11) is 0. The van der Waals surface area contributed by atoms with Crippen LogP contribution in [0.15, 0.2) is 43.0 Å². The molecule has 0 aliphatic carbocycles. The van der Waals surface area contributed by atoms with Crippen LogP contribution in [0.3, 0.4) is 0 Å². The number of alkyl halides is 6. The van der Waals surface area contributed by atoms with E-state index < -0.39 is 23.5 Å². The molecule has 11 heteroatoms. The molecule has 4 nitrogen and oxygen atoms in total. The monoisotopic (exact) mass is 406 g/mol. The first-order valence-electron chi connectivity index (χ1n) is 7.33. The van der Waals surface area contributed by atoms with Gasteiger partial charge in [0.05, 0.1) is 34.2 Å². The number of hydrogen-bond acceptors (Lipinski definition) is 3. The fourth-order valence-corrected chi connectivity index (χ4v) is 2.54. The molecule has 0 atom stereocenters. The number of rotatable bonds is 3. The van der Waals surface area contributed by atoms with Crippen LogP contribution in [0, 0.1) is 0 Å². The highest BCUT2D eigenvalue weighted by Crippen LogP contribution is 2.36. The quantitative estimate of drug-likeness (QED) is 0.578. The number of halogens is 7. The van der Waals surface area contributed by atoms with Crippen molar-refractivity contribution >= 4 is 11.6 Å². The first-order chi connectivity index (χ1) is 12.5. The van der Waals surface area contributed by atoms with E-state index in [2.05, 4.69) is 15.1 Å². The summed E-state index contributed by atoms with van der Waals surface area (Å²) < 4.78 is 79.2. The van der Waals surface area contributed by atoms with E-state index in [1.165, 1.54) is 29.5 Å². The maximum atomic E-state index is 13.0. The van der Waals surface area contributed by atoms with Crippen LogP contribution >= 0.6 is 11.6 Å². The van der Waals surface area contributed by atoms with E-state index in [9.17, 15) is 26.3 Å². The molecule has 0 saturated carbocycles. The highest BCUT2D eigenvalue weighted by atomic mass is 35.5. The van der Waals surface area contributed by atoms with Crippen molar-refractivity contribution in [2.45, 2.75) is 18.8 Å². The lowest BCUT2D eigenvalue weighted by Crippen LogP contribution is -2.12. The first kappa shape index (κ1) is 19.2. The fraction of sp³-hybridized carbons (Fsp3) is 0.188. The second-order valence-electron chi connectivity index (χ2n) is 5.52. The Balaban J connectivity index is 2.06. The second kappa shape index (κ2) is 6.84. The normalized spacial score (nSPS) is 12.4. The summed E-state index contributed by atoms with van der Waals surface area (Å²) in [5.41, 5.74) is -2.85.